The van der Waals surface area contributed by atoms with Gasteiger partial charge in [-0.05, 0) is 24.1 Å². The molecule has 0 spiro atoms. The number of fused-ring (bicyclic) bond motifs is 1. The number of rotatable bonds is 6. The maximum Gasteiger partial charge on any atom is 0.161 e. The summed E-state index contributed by atoms with van der Waals surface area (Å²) in [5.41, 5.74) is 1.38. The van der Waals surface area contributed by atoms with E-state index in [2.05, 4.69) is 35.3 Å². The number of nitrogens with zero attached hydrogens (tertiary/aromatic N) is 1. The second-order valence-corrected chi connectivity index (χ2v) is 6.20. The van der Waals surface area contributed by atoms with Crippen LogP contribution in [0.3, 0.4) is 0 Å². The topological polar surface area (TPSA) is 33.7 Å². The van der Waals surface area contributed by atoms with Gasteiger partial charge >= 0.3 is 0 Å². The van der Waals surface area contributed by atoms with Gasteiger partial charge in [-0.25, -0.2) is 0 Å². The quantitative estimate of drug-likeness (QED) is 0.819. The fraction of sp³-hybridized carbons (Fsp3) is 0.667. The molecule has 1 atom stereocenters. The van der Waals surface area contributed by atoms with Crippen molar-refractivity contribution in [1.29, 1.82) is 0 Å². The summed E-state index contributed by atoms with van der Waals surface area (Å²) in [6, 6.07) is 7.02. The highest BCUT2D eigenvalue weighted by Crippen LogP contribution is 2.36. The van der Waals surface area contributed by atoms with E-state index in [1.54, 1.807) is 0 Å². The van der Waals surface area contributed by atoms with Gasteiger partial charge in [0.2, 0.25) is 0 Å². The van der Waals surface area contributed by atoms with Crippen LogP contribution in [0.4, 0.5) is 0 Å². The van der Waals surface area contributed by atoms with Crippen molar-refractivity contribution in [2.24, 2.45) is 0 Å². The Labute approximate surface area is 133 Å². The van der Waals surface area contributed by atoms with Gasteiger partial charge < -0.3 is 14.8 Å². The molecule has 2 aliphatic rings. The normalized spacial score (nSPS) is 19.9. The van der Waals surface area contributed by atoms with Gasteiger partial charge in [0.25, 0.3) is 0 Å². The second kappa shape index (κ2) is 7.84. The molecule has 1 aromatic carbocycles. The van der Waals surface area contributed by atoms with Crippen LogP contribution in [0.25, 0.3) is 0 Å². The van der Waals surface area contributed by atoms with Gasteiger partial charge in [0.1, 0.15) is 13.2 Å². The predicted molar refractivity (Wildman–Crippen MR) is 88.8 cm³/mol. The lowest BCUT2D eigenvalue weighted by molar-refractivity contribution is 0.158. The van der Waals surface area contributed by atoms with Crippen LogP contribution in [0.2, 0.25) is 0 Å². The lowest BCUT2D eigenvalue weighted by Crippen LogP contribution is -2.45. The minimum Gasteiger partial charge on any atom is -0.486 e. The SMILES string of the molecule is CCCCC[C@@H](c1ccc2c(c1)OCCO2)N1CCNCC1. The zero-order chi connectivity index (χ0) is 15.2. The predicted octanol–water partition coefficient (Wildman–Crippen LogP) is 2.98. The molecule has 0 amide bonds. The molecule has 2 heterocycles. The molecule has 1 saturated heterocycles. The summed E-state index contributed by atoms with van der Waals surface area (Å²) in [5.74, 6) is 1.81. The molecule has 0 bridgehead atoms. The highest BCUT2D eigenvalue weighted by Gasteiger charge is 2.23. The molecule has 22 heavy (non-hydrogen) atoms. The smallest absolute Gasteiger partial charge is 0.161 e. The number of benzene rings is 1. The maximum atomic E-state index is 5.77. The Bertz CT molecular complexity index is 472. The van der Waals surface area contributed by atoms with Crippen LogP contribution in [-0.4, -0.2) is 44.3 Å². The molecule has 1 aromatic rings. The van der Waals surface area contributed by atoms with Crippen LogP contribution in [0.5, 0.6) is 11.5 Å². The number of hydrogen-bond donors (Lipinski definition) is 1. The molecule has 3 rings (SSSR count). The number of nitrogens with one attached hydrogen (secondary N) is 1. The summed E-state index contributed by atoms with van der Waals surface area (Å²) in [6.45, 7) is 8.03. The molecule has 0 unspecified atom stereocenters. The molecule has 2 aliphatic heterocycles. The van der Waals surface area contributed by atoms with Crippen molar-refractivity contribution < 1.29 is 9.47 Å². The van der Waals surface area contributed by atoms with Crippen LogP contribution < -0.4 is 14.8 Å². The molecule has 4 nitrogen and oxygen atoms in total. The lowest BCUT2D eigenvalue weighted by atomic mass is 9.97. The highest BCUT2D eigenvalue weighted by atomic mass is 16.6. The van der Waals surface area contributed by atoms with Gasteiger partial charge in [-0.2, -0.15) is 0 Å². The van der Waals surface area contributed by atoms with Crippen LogP contribution in [-0.2, 0) is 0 Å². The van der Waals surface area contributed by atoms with E-state index in [0.29, 0.717) is 19.3 Å². The maximum absolute atomic E-state index is 5.77. The van der Waals surface area contributed by atoms with E-state index < -0.39 is 0 Å². The van der Waals surface area contributed by atoms with Gasteiger partial charge in [0.15, 0.2) is 11.5 Å². The minimum absolute atomic E-state index is 0.504. The van der Waals surface area contributed by atoms with E-state index >= 15 is 0 Å². The van der Waals surface area contributed by atoms with E-state index in [-0.39, 0.29) is 0 Å². The van der Waals surface area contributed by atoms with Crippen LogP contribution in [0.1, 0.15) is 44.2 Å². The summed E-state index contributed by atoms with van der Waals surface area (Å²) < 4.78 is 11.4. The van der Waals surface area contributed by atoms with Crippen molar-refractivity contribution in [2.45, 2.75) is 38.6 Å². The summed E-state index contributed by atoms with van der Waals surface area (Å²) in [4.78, 5) is 2.62. The summed E-state index contributed by atoms with van der Waals surface area (Å²) >= 11 is 0. The Morgan fingerprint density at radius 3 is 2.64 bits per heavy atom. The molecule has 4 heteroatoms. The van der Waals surface area contributed by atoms with E-state index in [4.69, 9.17) is 9.47 Å². The Hall–Kier alpha value is -1.26. The Balaban J connectivity index is 1.77. The molecule has 1 N–H and O–H groups in total. The van der Waals surface area contributed by atoms with E-state index in [1.165, 1.54) is 31.2 Å². The van der Waals surface area contributed by atoms with E-state index in [1.807, 2.05) is 0 Å². The second-order valence-electron chi connectivity index (χ2n) is 6.20. The first kappa shape index (κ1) is 15.6. The first-order valence-electron chi connectivity index (χ1n) is 8.73. The average molecular weight is 304 g/mol. The molecule has 122 valence electrons. The van der Waals surface area contributed by atoms with Gasteiger partial charge in [-0.1, -0.05) is 32.3 Å². The molecule has 0 aliphatic carbocycles. The molecule has 0 saturated carbocycles. The van der Waals surface area contributed by atoms with Crippen LogP contribution >= 0.6 is 0 Å². The third-order valence-electron chi connectivity index (χ3n) is 4.62. The van der Waals surface area contributed by atoms with Gasteiger partial charge in [-0.15, -0.1) is 0 Å². The van der Waals surface area contributed by atoms with Crippen molar-refractivity contribution in [3.05, 3.63) is 23.8 Å². The van der Waals surface area contributed by atoms with Crippen molar-refractivity contribution in [3.8, 4) is 11.5 Å². The van der Waals surface area contributed by atoms with E-state index in [9.17, 15) is 0 Å². The molecule has 0 aromatic heterocycles. The molecule has 0 radical (unpaired) electrons. The Morgan fingerprint density at radius 1 is 1.09 bits per heavy atom. The Morgan fingerprint density at radius 2 is 1.86 bits per heavy atom. The van der Waals surface area contributed by atoms with Gasteiger partial charge in [-0.3, -0.25) is 4.90 Å². The fourth-order valence-corrected chi connectivity index (χ4v) is 3.41. The zero-order valence-corrected chi connectivity index (χ0v) is 13.6. The lowest BCUT2D eigenvalue weighted by Gasteiger charge is -2.35. The van der Waals surface area contributed by atoms with Gasteiger partial charge in [0.05, 0.1) is 0 Å². The van der Waals surface area contributed by atoms with Crippen molar-refractivity contribution in [2.75, 3.05) is 39.4 Å². The number of unbranched alkanes of at least 4 members (excludes halogenated alkanes) is 2. The Kier molecular flexibility index (Phi) is 5.57. The average Bonchev–Trinajstić information content (AvgIpc) is 2.59. The van der Waals surface area contributed by atoms with Gasteiger partial charge in [0, 0.05) is 32.2 Å². The monoisotopic (exact) mass is 304 g/mol. The number of hydrogen-bond acceptors (Lipinski definition) is 4. The molecular formula is C18H28N2O2. The molecule has 1 fully saturated rings. The minimum atomic E-state index is 0.504. The number of ether oxygens (including phenoxy) is 2. The molecular weight excluding hydrogens is 276 g/mol. The fourth-order valence-electron chi connectivity index (χ4n) is 3.41. The summed E-state index contributed by atoms with van der Waals surface area (Å²) in [6.07, 6.45) is 5.11. The summed E-state index contributed by atoms with van der Waals surface area (Å²) in [5, 5.41) is 3.45. The first-order valence-corrected chi connectivity index (χ1v) is 8.73. The number of piperazine rings is 1. The van der Waals surface area contributed by atoms with Crippen molar-refractivity contribution in [1.82, 2.24) is 10.2 Å². The standard InChI is InChI=1S/C18H28N2O2/c1-2-3-4-5-16(20-10-8-19-9-11-20)15-6-7-17-18(14-15)22-13-12-21-17/h6-7,14,16,19H,2-5,8-13H2,1H3/t16-/m0/s1. The summed E-state index contributed by atoms with van der Waals surface area (Å²) in [7, 11) is 0. The van der Waals surface area contributed by atoms with Crippen molar-refractivity contribution in [3.63, 3.8) is 0 Å². The largest absolute Gasteiger partial charge is 0.486 e. The van der Waals surface area contributed by atoms with E-state index in [0.717, 1.165) is 37.7 Å². The van der Waals surface area contributed by atoms with Crippen LogP contribution in [0, 0.1) is 0 Å². The third-order valence-corrected chi connectivity index (χ3v) is 4.62. The zero-order valence-electron chi connectivity index (χ0n) is 13.6. The van der Waals surface area contributed by atoms with Crippen LogP contribution in [0.15, 0.2) is 18.2 Å². The highest BCUT2D eigenvalue weighted by molar-refractivity contribution is 5.44. The van der Waals surface area contributed by atoms with Crippen molar-refractivity contribution >= 4 is 0 Å². The third kappa shape index (κ3) is 3.73. The first-order chi connectivity index (χ1) is 10.9.